The second kappa shape index (κ2) is 3.06. The van der Waals surface area contributed by atoms with Crippen molar-refractivity contribution in [2.24, 2.45) is 0 Å². The number of nitrogens with zero attached hydrogens (tertiary/aromatic N) is 1. The van der Waals surface area contributed by atoms with Crippen LogP contribution in [0.5, 0.6) is 0 Å². The number of hydrogen-bond donors (Lipinski definition) is 0. The Labute approximate surface area is 81.4 Å². The molecule has 0 aliphatic heterocycles. The van der Waals surface area contributed by atoms with E-state index in [2.05, 4.69) is 0 Å². The first-order valence-electron chi connectivity index (χ1n) is 3.36. The summed E-state index contributed by atoms with van der Waals surface area (Å²) in [4.78, 5) is 21.3. The van der Waals surface area contributed by atoms with E-state index in [9.17, 15) is 14.9 Å². The SMILES string of the molecule is O=c1s[se]c2c([N+](=O)[O-])cccc12. The maximum absolute atomic E-state index is 11.2. The van der Waals surface area contributed by atoms with Crippen molar-refractivity contribution in [1.29, 1.82) is 0 Å². The molecule has 2 rings (SSSR count). The Morgan fingerprint density at radius 2 is 2.23 bits per heavy atom. The molecule has 1 aromatic carbocycles. The van der Waals surface area contributed by atoms with Crippen LogP contribution in [0.3, 0.4) is 0 Å². The van der Waals surface area contributed by atoms with E-state index in [0.717, 1.165) is 0 Å². The molecule has 0 saturated heterocycles. The van der Waals surface area contributed by atoms with Crippen LogP contribution in [0, 0.1) is 10.1 Å². The zero-order valence-electron chi connectivity index (χ0n) is 6.22. The third-order valence-corrected chi connectivity index (χ3v) is 5.66. The predicted octanol–water partition coefficient (Wildman–Crippen LogP) is 1.23. The number of non-ortho nitro benzene ring substituents is 1. The summed E-state index contributed by atoms with van der Waals surface area (Å²) in [5.41, 5.74) is 0.0795. The Morgan fingerprint density at radius 3 is 2.92 bits per heavy atom. The van der Waals surface area contributed by atoms with Gasteiger partial charge in [0, 0.05) is 0 Å². The van der Waals surface area contributed by atoms with Crippen LogP contribution in [0.4, 0.5) is 5.69 Å². The summed E-state index contributed by atoms with van der Waals surface area (Å²) in [7, 11) is 1.18. The van der Waals surface area contributed by atoms with Gasteiger partial charge < -0.3 is 0 Å². The van der Waals surface area contributed by atoms with Gasteiger partial charge >= 0.3 is 81.2 Å². The van der Waals surface area contributed by atoms with Gasteiger partial charge in [-0.05, 0) is 0 Å². The van der Waals surface area contributed by atoms with E-state index < -0.39 is 4.92 Å². The van der Waals surface area contributed by atoms with E-state index in [1.165, 1.54) is 15.8 Å². The molecule has 0 fully saturated rings. The average Bonchev–Trinajstić information content (AvgIpc) is 2.48. The third-order valence-electron chi connectivity index (χ3n) is 1.61. The molecule has 0 amide bonds. The summed E-state index contributed by atoms with van der Waals surface area (Å²) >= 11 is -0.129. The van der Waals surface area contributed by atoms with Gasteiger partial charge in [0.05, 0.1) is 0 Å². The van der Waals surface area contributed by atoms with Gasteiger partial charge in [-0.2, -0.15) is 0 Å². The monoisotopic (exact) mass is 261 g/mol. The Kier molecular flexibility index (Phi) is 2.03. The Bertz CT molecular complexity index is 530. The second-order valence-electron chi connectivity index (χ2n) is 2.37. The summed E-state index contributed by atoms with van der Waals surface area (Å²) in [5, 5.41) is 11.1. The molecule has 0 saturated carbocycles. The molecule has 0 aliphatic rings. The Balaban J connectivity index is 2.92. The van der Waals surface area contributed by atoms with Gasteiger partial charge in [0.2, 0.25) is 0 Å². The van der Waals surface area contributed by atoms with Gasteiger partial charge in [-0.25, -0.2) is 0 Å². The van der Waals surface area contributed by atoms with E-state index in [-0.39, 0.29) is 23.8 Å². The van der Waals surface area contributed by atoms with Crippen molar-refractivity contribution in [3.63, 3.8) is 0 Å². The van der Waals surface area contributed by atoms with Crippen molar-refractivity contribution >= 4 is 38.4 Å². The molecular weight excluding hydrogens is 257 g/mol. The van der Waals surface area contributed by atoms with Crippen LogP contribution in [-0.2, 0) is 0 Å². The molecule has 0 bridgehead atoms. The van der Waals surface area contributed by atoms with Gasteiger partial charge in [0.15, 0.2) is 0 Å². The van der Waals surface area contributed by atoms with E-state index in [4.69, 9.17) is 0 Å². The van der Waals surface area contributed by atoms with Gasteiger partial charge in [-0.1, -0.05) is 0 Å². The first-order valence-corrected chi connectivity index (χ1v) is 7.06. The van der Waals surface area contributed by atoms with E-state index in [1.54, 1.807) is 12.1 Å². The molecule has 0 radical (unpaired) electrons. The summed E-state index contributed by atoms with van der Waals surface area (Å²) in [5.74, 6) is 0. The van der Waals surface area contributed by atoms with Crippen molar-refractivity contribution in [1.82, 2.24) is 0 Å². The molecule has 2 aromatic rings. The number of nitro benzene ring substituents is 1. The molecule has 1 aromatic heterocycles. The van der Waals surface area contributed by atoms with E-state index in [0.29, 0.717) is 9.65 Å². The van der Waals surface area contributed by atoms with Crippen LogP contribution in [0.25, 0.3) is 9.65 Å². The summed E-state index contributed by atoms with van der Waals surface area (Å²) in [6.07, 6.45) is 0. The fourth-order valence-electron chi connectivity index (χ4n) is 1.04. The molecule has 6 heteroatoms. The van der Waals surface area contributed by atoms with Crippen molar-refractivity contribution in [3.8, 4) is 0 Å². The molecule has 66 valence electrons. The number of hydrogen-bond acceptors (Lipinski definition) is 4. The van der Waals surface area contributed by atoms with Gasteiger partial charge in [-0.15, -0.1) is 0 Å². The fraction of sp³-hybridized carbons (Fsp3) is 0. The van der Waals surface area contributed by atoms with Crippen molar-refractivity contribution in [2.75, 3.05) is 0 Å². The molecule has 0 aliphatic carbocycles. The van der Waals surface area contributed by atoms with Gasteiger partial charge in [-0.3, -0.25) is 0 Å². The molecule has 0 atom stereocenters. The van der Waals surface area contributed by atoms with E-state index >= 15 is 0 Å². The first-order chi connectivity index (χ1) is 6.20. The van der Waals surface area contributed by atoms with Crippen LogP contribution in [0.15, 0.2) is 23.0 Å². The minimum atomic E-state index is -0.431. The number of benzene rings is 1. The van der Waals surface area contributed by atoms with Crippen molar-refractivity contribution in [3.05, 3.63) is 37.9 Å². The van der Waals surface area contributed by atoms with Crippen LogP contribution >= 0.6 is 9.72 Å². The quantitative estimate of drug-likeness (QED) is 0.440. The number of nitro groups is 1. The van der Waals surface area contributed by atoms with Gasteiger partial charge in [0.25, 0.3) is 0 Å². The predicted molar refractivity (Wildman–Crippen MR) is 51.7 cm³/mol. The van der Waals surface area contributed by atoms with Crippen molar-refractivity contribution < 1.29 is 4.92 Å². The van der Waals surface area contributed by atoms with Crippen molar-refractivity contribution in [2.45, 2.75) is 0 Å². The van der Waals surface area contributed by atoms with Crippen LogP contribution < -0.4 is 4.74 Å². The number of rotatable bonds is 1. The van der Waals surface area contributed by atoms with Crippen LogP contribution in [0.1, 0.15) is 0 Å². The Hall–Kier alpha value is -0.971. The minimum absolute atomic E-state index is 0.0429. The molecule has 0 N–H and O–H groups in total. The molecule has 0 spiro atoms. The van der Waals surface area contributed by atoms with E-state index in [1.807, 2.05) is 0 Å². The van der Waals surface area contributed by atoms with Crippen LogP contribution in [-0.4, -0.2) is 18.3 Å². The number of fused-ring (bicyclic) bond motifs is 1. The molecular formula is C7H3NO3SSe. The molecule has 13 heavy (non-hydrogen) atoms. The molecule has 1 heterocycles. The Morgan fingerprint density at radius 1 is 1.46 bits per heavy atom. The topological polar surface area (TPSA) is 60.2 Å². The van der Waals surface area contributed by atoms with Crippen LogP contribution in [0.2, 0.25) is 0 Å². The zero-order valence-corrected chi connectivity index (χ0v) is 8.75. The van der Waals surface area contributed by atoms with Gasteiger partial charge in [0.1, 0.15) is 0 Å². The third kappa shape index (κ3) is 1.33. The normalized spacial score (nSPS) is 10.5. The second-order valence-corrected chi connectivity index (χ2v) is 6.02. The average molecular weight is 260 g/mol. The fourth-order valence-corrected chi connectivity index (χ4v) is 5.09. The molecule has 0 unspecified atom stereocenters. The first kappa shape index (κ1) is 8.62. The zero-order chi connectivity index (χ0) is 9.42. The standard InChI is InChI=1S/C7H3NO3SSe/c9-7-4-2-1-3-5(8(10)11)6(4)13-12-7/h1-3H. The maximum atomic E-state index is 11.2. The molecule has 4 nitrogen and oxygen atoms in total. The summed E-state index contributed by atoms with van der Waals surface area (Å²) in [6, 6.07) is 4.64. The summed E-state index contributed by atoms with van der Waals surface area (Å²) < 4.78 is 0.578. The summed E-state index contributed by atoms with van der Waals surface area (Å²) in [6.45, 7) is 0.